The summed E-state index contributed by atoms with van der Waals surface area (Å²) in [5.41, 5.74) is 3.43. The van der Waals surface area contributed by atoms with E-state index in [4.69, 9.17) is 5.10 Å². The van der Waals surface area contributed by atoms with Gasteiger partial charge in [0.15, 0.2) is 0 Å². The van der Waals surface area contributed by atoms with Crippen LogP contribution in [0, 0.1) is 5.82 Å². The van der Waals surface area contributed by atoms with Gasteiger partial charge in [-0.2, -0.15) is 5.10 Å². The van der Waals surface area contributed by atoms with Crippen LogP contribution in [0.15, 0.2) is 42.9 Å². The van der Waals surface area contributed by atoms with Crippen LogP contribution in [0.1, 0.15) is 6.42 Å². The molecule has 22 heavy (non-hydrogen) atoms. The van der Waals surface area contributed by atoms with E-state index in [1.165, 1.54) is 18.5 Å². The molecule has 0 spiro atoms. The number of benzene rings is 1. The Morgan fingerprint density at radius 1 is 1.14 bits per heavy atom. The molecule has 0 aliphatic carbocycles. The lowest BCUT2D eigenvalue weighted by Gasteiger charge is -2.16. The van der Waals surface area contributed by atoms with Crippen molar-refractivity contribution in [2.45, 2.75) is 13.0 Å². The summed E-state index contributed by atoms with van der Waals surface area (Å²) in [6.45, 7) is 1.77. The number of nitrogens with zero attached hydrogens (tertiary/aromatic N) is 4. The minimum absolute atomic E-state index is 0.255. The van der Waals surface area contributed by atoms with Gasteiger partial charge < -0.3 is 5.32 Å². The third-order valence-corrected chi connectivity index (χ3v) is 3.75. The number of fused-ring (bicyclic) bond motifs is 1. The molecule has 2 aromatic heterocycles. The lowest BCUT2D eigenvalue weighted by Crippen LogP contribution is -2.17. The Morgan fingerprint density at radius 2 is 2.00 bits per heavy atom. The van der Waals surface area contributed by atoms with Gasteiger partial charge in [0.05, 0.1) is 11.3 Å². The molecule has 6 heteroatoms. The normalized spacial score (nSPS) is 13.5. The Bertz CT molecular complexity index is 795. The summed E-state index contributed by atoms with van der Waals surface area (Å²) in [6, 6.07) is 8.25. The van der Waals surface area contributed by atoms with E-state index in [1.54, 1.807) is 18.3 Å². The van der Waals surface area contributed by atoms with Crippen LogP contribution in [0.3, 0.4) is 0 Å². The van der Waals surface area contributed by atoms with Crippen molar-refractivity contribution in [3.05, 3.63) is 48.7 Å². The smallest absolute Gasteiger partial charge is 0.134 e. The molecule has 5 nitrogen and oxygen atoms in total. The Morgan fingerprint density at radius 3 is 2.77 bits per heavy atom. The van der Waals surface area contributed by atoms with Crippen molar-refractivity contribution in [3.63, 3.8) is 0 Å². The van der Waals surface area contributed by atoms with Crippen molar-refractivity contribution in [1.82, 2.24) is 19.7 Å². The number of anilines is 1. The molecule has 1 aromatic carbocycles. The molecule has 1 N–H and O–H groups in total. The molecule has 0 radical (unpaired) electrons. The lowest BCUT2D eigenvalue weighted by atomic mass is 10.0. The number of hydrogen-bond acceptors (Lipinski definition) is 4. The molecule has 0 fully saturated rings. The molecular formula is C16H14FN5. The fourth-order valence-corrected chi connectivity index (χ4v) is 2.73. The Balaban J connectivity index is 1.94. The van der Waals surface area contributed by atoms with Crippen LogP contribution in [-0.4, -0.2) is 26.3 Å². The average molecular weight is 295 g/mol. The van der Waals surface area contributed by atoms with Crippen LogP contribution < -0.4 is 5.32 Å². The maximum Gasteiger partial charge on any atom is 0.134 e. The molecule has 1 aliphatic heterocycles. The maximum absolute atomic E-state index is 13.2. The summed E-state index contributed by atoms with van der Waals surface area (Å²) >= 11 is 0. The Labute approximate surface area is 126 Å². The van der Waals surface area contributed by atoms with Gasteiger partial charge in [-0.1, -0.05) is 0 Å². The van der Waals surface area contributed by atoms with Gasteiger partial charge in [-0.05, 0) is 36.8 Å². The van der Waals surface area contributed by atoms with Gasteiger partial charge in [-0.15, -0.1) is 0 Å². The number of rotatable bonds is 2. The molecule has 3 heterocycles. The van der Waals surface area contributed by atoms with Gasteiger partial charge in [0.1, 0.15) is 23.7 Å². The van der Waals surface area contributed by atoms with Crippen molar-refractivity contribution in [1.29, 1.82) is 0 Å². The SMILES string of the molecule is Fc1ccc(-c2nn3c(c2-c2ccncn2)NCCC3)cc1. The first-order chi connectivity index (χ1) is 10.8. The Kier molecular flexibility index (Phi) is 3.07. The van der Waals surface area contributed by atoms with E-state index in [9.17, 15) is 4.39 Å². The number of aromatic nitrogens is 4. The van der Waals surface area contributed by atoms with Gasteiger partial charge in [-0.3, -0.25) is 0 Å². The van der Waals surface area contributed by atoms with Gasteiger partial charge in [0.25, 0.3) is 0 Å². The van der Waals surface area contributed by atoms with Crippen LogP contribution in [0.5, 0.6) is 0 Å². The van der Waals surface area contributed by atoms with Crippen LogP contribution in [0.25, 0.3) is 22.5 Å². The average Bonchev–Trinajstić information content (AvgIpc) is 2.96. The summed E-state index contributed by atoms with van der Waals surface area (Å²) in [5.74, 6) is 0.707. The first-order valence-corrected chi connectivity index (χ1v) is 7.20. The van der Waals surface area contributed by atoms with Crippen LogP contribution in [0.2, 0.25) is 0 Å². The Hall–Kier alpha value is -2.76. The lowest BCUT2D eigenvalue weighted by molar-refractivity contribution is 0.569. The second-order valence-corrected chi connectivity index (χ2v) is 5.18. The van der Waals surface area contributed by atoms with Crippen molar-refractivity contribution in [3.8, 4) is 22.5 Å². The van der Waals surface area contributed by atoms with E-state index < -0.39 is 0 Å². The number of hydrogen-bond donors (Lipinski definition) is 1. The van der Waals surface area contributed by atoms with Gasteiger partial charge in [0.2, 0.25) is 0 Å². The molecule has 0 saturated heterocycles. The first kappa shape index (κ1) is 12.9. The molecule has 0 atom stereocenters. The van der Waals surface area contributed by atoms with Crippen molar-refractivity contribution in [2.75, 3.05) is 11.9 Å². The summed E-state index contributed by atoms with van der Waals surface area (Å²) in [7, 11) is 0. The molecule has 4 rings (SSSR count). The summed E-state index contributed by atoms with van der Waals surface area (Å²) in [5, 5.41) is 8.10. The summed E-state index contributed by atoms with van der Waals surface area (Å²) in [4.78, 5) is 8.33. The highest BCUT2D eigenvalue weighted by atomic mass is 19.1. The van der Waals surface area contributed by atoms with E-state index >= 15 is 0 Å². The molecule has 110 valence electrons. The minimum Gasteiger partial charge on any atom is -0.370 e. The maximum atomic E-state index is 13.2. The zero-order valence-corrected chi connectivity index (χ0v) is 11.8. The topological polar surface area (TPSA) is 55.6 Å². The van der Waals surface area contributed by atoms with Crippen LogP contribution in [0.4, 0.5) is 10.2 Å². The predicted octanol–water partition coefficient (Wildman–Crippen LogP) is 2.96. The molecule has 0 saturated carbocycles. The van der Waals surface area contributed by atoms with E-state index in [0.717, 1.165) is 47.8 Å². The third kappa shape index (κ3) is 2.13. The van der Waals surface area contributed by atoms with Gasteiger partial charge >= 0.3 is 0 Å². The second-order valence-electron chi connectivity index (χ2n) is 5.18. The first-order valence-electron chi connectivity index (χ1n) is 7.20. The quantitative estimate of drug-likeness (QED) is 0.789. The molecule has 0 unspecified atom stereocenters. The molecular weight excluding hydrogens is 281 g/mol. The fraction of sp³-hybridized carbons (Fsp3) is 0.188. The third-order valence-electron chi connectivity index (χ3n) is 3.75. The van der Waals surface area contributed by atoms with Crippen molar-refractivity contribution < 1.29 is 4.39 Å². The largest absolute Gasteiger partial charge is 0.370 e. The predicted molar refractivity (Wildman–Crippen MR) is 81.8 cm³/mol. The van der Waals surface area contributed by atoms with Gasteiger partial charge in [0, 0.05) is 24.8 Å². The fourth-order valence-electron chi connectivity index (χ4n) is 2.73. The monoisotopic (exact) mass is 295 g/mol. The number of aryl methyl sites for hydroxylation is 1. The highest BCUT2D eigenvalue weighted by Crippen LogP contribution is 2.37. The molecule has 1 aliphatic rings. The summed E-state index contributed by atoms with van der Waals surface area (Å²) in [6.07, 6.45) is 4.26. The second kappa shape index (κ2) is 5.22. The van der Waals surface area contributed by atoms with E-state index in [0.29, 0.717) is 0 Å². The van der Waals surface area contributed by atoms with Crippen molar-refractivity contribution >= 4 is 5.82 Å². The standard InChI is InChI=1S/C16H14FN5/c17-12-4-2-11(3-5-12)15-14(13-6-8-18-10-20-13)16-19-7-1-9-22(16)21-15/h2-6,8,10,19H,1,7,9H2. The summed E-state index contributed by atoms with van der Waals surface area (Å²) < 4.78 is 15.2. The van der Waals surface area contributed by atoms with E-state index in [1.807, 2.05) is 10.7 Å². The highest BCUT2D eigenvalue weighted by molar-refractivity contribution is 5.87. The minimum atomic E-state index is -0.255. The van der Waals surface area contributed by atoms with Crippen LogP contribution in [-0.2, 0) is 6.54 Å². The molecule has 0 bridgehead atoms. The zero-order valence-electron chi connectivity index (χ0n) is 11.8. The van der Waals surface area contributed by atoms with Crippen molar-refractivity contribution in [2.24, 2.45) is 0 Å². The van der Waals surface area contributed by atoms with E-state index in [-0.39, 0.29) is 5.82 Å². The molecule has 0 amide bonds. The molecule has 3 aromatic rings. The zero-order chi connectivity index (χ0) is 14.9. The highest BCUT2D eigenvalue weighted by Gasteiger charge is 2.23. The van der Waals surface area contributed by atoms with Crippen LogP contribution >= 0.6 is 0 Å². The number of nitrogens with one attached hydrogen (secondary N) is 1. The number of halogens is 1. The van der Waals surface area contributed by atoms with E-state index in [2.05, 4.69) is 15.3 Å². The van der Waals surface area contributed by atoms with Gasteiger partial charge in [-0.25, -0.2) is 19.0 Å².